The summed E-state index contributed by atoms with van der Waals surface area (Å²) in [5.74, 6) is 1.66. The van der Waals surface area contributed by atoms with Crippen molar-refractivity contribution in [2.75, 3.05) is 18.2 Å². The monoisotopic (exact) mass is 475 g/mol. The predicted octanol–water partition coefficient (Wildman–Crippen LogP) is 3.40. The Kier molecular flexibility index (Phi) is 4.53. The molecule has 5 rings (SSSR count). The number of hydrogen-bond acceptors (Lipinski definition) is 6. The van der Waals surface area contributed by atoms with E-state index in [1.165, 1.54) is 0 Å². The van der Waals surface area contributed by atoms with Crippen LogP contribution in [-0.4, -0.2) is 43.4 Å². The summed E-state index contributed by atoms with van der Waals surface area (Å²) in [6.07, 6.45) is 2.33. The second-order valence-electron chi connectivity index (χ2n) is 7.49. The van der Waals surface area contributed by atoms with E-state index in [0.717, 1.165) is 15.6 Å². The Hall–Kier alpha value is -2.16. The highest BCUT2D eigenvalue weighted by Gasteiger charge is 2.38. The highest BCUT2D eigenvalue weighted by atomic mass is 79.9. The third-order valence-electron chi connectivity index (χ3n) is 5.52. The van der Waals surface area contributed by atoms with Gasteiger partial charge >= 0.3 is 0 Å². The zero-order valence-electron chi connectivity index (χ0n) is 15.4. The van der Waals surface area contributed by atoms with Gasteiger partial charge in [-0.2, -0.15) is 0 Å². The van der Waals surface area contributed by atoms with Crippen molar-refractivity contribution in [3.63, 3.8) is 0 Å². The number of carbonyl (C=O) groups is 1. The summed E-state index contributed by atoms with van der Waals surface area (Å²) < 4.78 is 36.5. The number of carbonyl (C=O) groups excluding carboxylic acids is 1. The van der Waals surface area contributed by atoms with E-state index >= 15 is 0 Å². The fourth-order valence-corrected chi connectivity index (χ4v) is 6.20. The minimum absolute atomic E-state index is 0.0715. The summed E-state index contributed by atoms with van der Waals surface area (Å²) in [7, 11) is -2.98. The highest BCUT2D eigenvalue weighted by molar-refractivity contribution is 9.10. The first kappa shape index (κ1) is 18.8. The zero-order valence-corrected chi connectivity index (χ0v) is 17.8. The second kappa shape index (κ2) is 6.97. The van der Waals surface area contributed by atoms with E-state index in [2.05, 4.69) is 15.9 Å². The number of nitrogens with zero attached hydrogens (tertiary/aromatic N) is 1. The molecule has 2 aromatic rings. The van der Waals surface area contributed by atoms with E-state index < -0.39 is 9.84 Å². The molecule has 0 spiro atoms. The number of ether oxygens (including phenoxy) is 2. The van der Waals surface area contributed by atoms with Crippen LogP contribution in [0.1, 0.15) is 27.9 Å². The van der Waals surface area contributed by atoms with Crippen LogP contribution in [0.4, 0.5) is 0 Å². The maximum atomic E-state index is 12.9. The molecule has 1 atom stereocenters. The number of hydrogen-bond donors (Lipinski definition) is 0. The van der Waals surface area contributed by atoms with Crippen LogP contribution in [0, 0.1) is 0 Å². The molecular weight excluding hydrogens is 458 g/mol. The van der Waals surface area contributed by atoms with Crippen molar-refractivity contribution in [2.24, 2.45) is 0 Å². The summed E-state index contributed by atoms with van der Waals surface area (Å²) >= 11 is 3.43. The average molecular weight is 476 g/mol. The summed E-state index contributed by atoms with van der Waals surface area (Å²) in [5, 5.41) is 0. The summed E-state index contributed by atoms with van der Waals surface area (Å²) in [6.45, 7) is 0.830. The average Bonchev–Trinajstić information content (AvgIpc) is 3.21. The van der Waals surface area contributed by atoms with Crippen molar-refractivity contribution in [1.29, 1.82) is 0 Å². The van der Waals surface area contributed by atoms with Gasteiger partial charge in [-0.3, -0.25) is 9.69 Å². The van der Waals surface area contributed by atoms with Crippen LogP contribution < -0.4 is 9.47 Å². The lowest BCUT2D eigenvalue weighted by Crippen LogP contribution is -2.41. The van der Waals surface area contributed by atoms with Crippen molar-refractivity contribution in [3.05, 3.63) is 63.3 Å². The number of halogens is 1. The fraction of sp³-hybridized carbons (Fsp3) is 0.286. The van der Waals surface area contributed by atoms with E-state index in [9.17, 15) is 13.2 Å². The summed E-state index contributed by atoms with van der Waals surface area (Å²) in [5.41, 5.74) is 2.16. The number of Topliss-reactive ketones (excluding diaryl/α,β-unsaturated/α-hetero) is 1. The van der Waals surface area contributed by atoms with Crippen molar-refractivity contribution in [2.45, 2.75) is 19.0 Å². The van der Waals surface area contributed by atoms with Crippen molar-refractivity contribution in [3.8, 4) is 11.5 Å². The van der Waals surface area contributed by atoms with Gasteiger partial charge in [0.25, 0.3) is 0 Å². The molecule has 3 aliphatic rings. The van der Waals surface area contributed by atoms with Crippen LogP contribution in [0.5, 0.6) is 11.5 Å². The van der Waals surface area contributed by atoms with Gasteiger partial charge in [0, 0.05) is 17.1 Å². The number of ketones is 1. The van der Waals surface area contributed by atoms with Crippen LogP contribution in [-0.2, 0) is 16.4 Å². The molecule has 8 heteroatoms. The van der Waals surface area contributed by atoms with Crippen molar-refractivity contribution in [1.82, 2.24) is 4.90 Å². The third kappa shape index (κ3) is 3.49. The maximum absolute atomic E-state index is 12.9. The SMILES string of the molecule is O=C1/C(=C\c2cccc(Br)c2)Oc2c1ccc1c2CN(C2CCS(=O)(=O)C2)CO1. The molecule has 0 amide bonds. The number of allylic oxidation sites excluding steroid dienone is 1. The van der Waals surface area contributed by atoms with Crippen LogP contribution in [0.3, 0.4) is 0 Å². The Balaban J connectivity index is 1.46. The van der Waals surface area contributed by atoms with E-state index in [1.54, 1.807) is 18.2 Å². The topological polar surface area (TPSA) is 72.9 Å². The highest BCUT2D eigenvalue weighted by Crippen LogP contribution is 2.42. The van der Waals surface area contributed by atoms with Crippen molar-refractivity contribution < 1.29 is 22.7 Å². The fourth-order valence-electron chi connectivity index (χ4n) is 4.02. The normalized spacial score (nSPS) is 24.1. The molecule has 29 heavy (non-hydrogen) atoms. The van der Waals surface area contributed by atoms with Gasteiger partial charge in [0.15, 0.2) is 15.6 Å². The first-order chi connectivity index (χ1) is 13.9. The number of benzene rings is 2. The lowest BCUT2D eigenvalue weighted by Gasteiger charge is -2.33. The second-order valence-corrected chi connectivity index (χ2v) is 10.6. The van der Waals surface area contributed by atoms with Crippen LogP contribution >= 0.6 is 15.9 Å². The largest absolute Gasteiger partial charge is 0.478 e. The number of fused-ring (bicyclic) bond motifs is 3. The van der Waals surface area contributed by atoms with Gasteiger partial charge in [0.2, 0.25) is 5.78 Å². The van der Waals surface area contributed by atoms with E-state index in [1.807, 2.05) is 29.2 Å². The van der Waals surface area contributed by atoms with E-state index in [4.69, 9.17) is 9.47 Å². The molecule has 0 radical (unpaired) electrons. The predicted molar refractivity (Wildman–Crippen MR) is 112 cm³/mol. The molecule has 1 saturated heterocycles. The van der Waals surface area contributed by atoms with Crippen molar-refractivity contribution >= 4 is 37.6 Å². The summed E-state index contributed by atoms with van der Waals surface area (Å²) in [6, 6.07) is 11.1. The Morgan fingerprint density at radius 3 is 2.83 bits per heavy atom. The van der Waals surface area contributed by atoms with Gasteiger partial charge in [-0.25, -0.2) is 8.42 Å². The minimum atomic E-state index is -2.98. The lowest BCUT2D eigenvalue weighted by atomic mass is 10.0. The standard InChI is InChI=1S/C21H18BrNO5S/c22-14-3-1-2-13(8-14)9-19-20(24)16-4-5-18-17(21(16)28-19)10-23(12-27-18)15-6-7-29(25,26)11-15/h1-5,8-9,15H,6-7,10-12H2/b19-9+. The molecule has 0 aromatic heterocycles. The molecule has 3 heterocycles. The molecule has 0 N–H and O–H groups in total. The van der Waals surface area contributed by atoms with Crippen LogP contribution in [0.2, 0.25) is 0 Å². The van der Waals surface area contributed by atoms with Crippen LogP contribution in [0.15, 0.2) is 46.6 Å². The van der Waals surface area contributed by atoms with Gasteiger partial charge in [-0.05, 0) is 42.3 Å². The summed E-state index contributed by atoms with van der Waals surface area (Å²) in [4.78, 5) is 14.9. The number of sulfone groups is 1. The molecule has 2 aromatic carbocycles. The Morgan fingerprint density at radius 2 is 2.07 bits per heavy atom. The number of rotatable bonds is 2. The minimum Gasteiger partial charge on any atom is -0.478 e. The Bertz CT molecular complexity index is 1160. The van der Waals surface area contributed by atoms with Gasteiger partial charge in [-0.1, -0.05) is 28.1 Å². The van der Waals surface area contributed by atoms with Gasteiger partial charge in [0.1, 0.15) is 18.2 Å². The molecule has 0 bridgehead atoms. The lowest BCUT2D eigenvalue weighted by molar-refractivity contribution is 0.0634. The first-order valence-corrected chi connectivity index (χ1v) is 11.9. The molecule has 0 aliphatic carbocycles. The molecular formula is C21H18BrNO5S. The molecule has 1 unspecified atom stereocenters. The Morgan fingerprint density at radius 1 is 1.21 bits per heavy atom. The molecule has 1 fully saturated rings. The molecule has 150 valence electrons. The van der Waals surface area contributed by atoms with Gasteiger partial charge in [0.05, 0.1) is 22.6 Å². The zero-order chi connectivity index (χ0) is 20.2. The molecule has 3 aliphatic heterocycles. The van der Waals surface area contributed by atoms with Gasteiger partial charge in [-0.15, -0.1) is 0 Å². The maximum Gasteiger partial charge on any atom is 0.231 e. The smallest absolute Gasteiger partial charge is 0.231 e. The Labute approximate surface area is 177 Å². The molecule has 6 nitrogen and oxygen atoms in total. The quantitative estimate of drug-likeness (QED) is 0.619. The van der Waals surface area contributed by atoms with E-state index in [0.29, 0.717) is 36.8 Å². The first-order valence-electron chi connectivity index (χ1n) is 9.32. The van der Waals surface area contributed by atoms with Gasteiger partial charge < -0.3 is 9.47 Å². The third-order valence-corrected chi connectivity index (χ3v) is 7.76. The van der Waals surface area contributed by atoms with Crippen LogP contribution in [0.25, 0.3) is 6.08 Å². The molecule has 0 saturated carbocycles. The van der Waals surface area contributed by atoms with E-state index in [-0.39, 0.29) is 29.1 Å².